The van der Waals surface area contributed by atoms with Crippen molar-refractivity contribution in [3.8, 4) is 11.3 Å². The maximum absolute atomic E-state index is 11.9. The number of hydrogen-bond acceptors (Lipinski definition) is 5. The molecule has 0 unspecified atom stereocenters. The monoisotopic (exact) mass is 332 g/mol. The number of benzene rings is 1. The summed E-state index contributed by atoms with van der Waals surface area (Å²) in [6.45, 7) is 1.82. The van der Waals surface area contributed by atoms with Crippen LogP contribution in [0.4, 0.5) is 5.69 Å². The van der Waals surface area contributed by atoms with Crippen molar-refractivity contribution in [2.24, 2.45) is 0 Å². The van der Waals surface area contributed by atoms with E-state index in [9.17, 15) is 8.42 Å². The first-order chi connectivity index (χ1) is 10.9. The van der Waals surface area contributed by atoms with Crippen molar-refractivity contribution in [1.82, 2.24) is 24.1 Å². The van der Waals surface area contributed by atoms with Gasteiger partial charge in [0.15, 0.2) is 11.5 Å². The van der Waals surface area contributed by atoms with Crippen molar-refractivity contribution in [2.45, 2.75) is 6.92 Å². The van der Waals surface area contributed by atoms with E-state index in [4.69, 9.17) is 0 Å². The average Bonchev–Trinajstić information content (AvgIpc) is 2.88. The summed E-state index contributed by atoms with van der Waals surface area (Å²) in [6.07, 6.45) is 0. The standard InChI is InChI=1S/C14H16N6O2S/c1-10-15-16-14-8-7-13(17-20(10)14)11-5-4-6-12(9-11)18-23(21,22)19(2)3/h4-9,18H,1-3H3. The van der Waals surface area contributed by atoms with Gasteiger partial charge in [0.1, 0.15) is 0 Å². The first kappa shape index (κ1) is 15.4. The molecule has 0 saturated heterocycles. The normalized spacial score (nSPS) is 12.0. The van der Waals surface area contributed by atoms with E-state index in [1.54, 1.807) is 22.7 Å². The summed E-state index contributed by atoms with van der Waals surface area (Å²) in [7, 11) is -0.607. The zero-order valence-electron chi connectivity index (χ0n) is 12.9. The zero-order chi connectivity index (χ0) is 16.6. The third-order valence-corrected chi connectivity index (χ3v) is 4.76. The first-order valence-corrected chi connectivity index (χ1v) is 8.30. The fourth-order valence-corrected chi connectivity index (χ4v) is 2.64. The minimum Gasteiger partial charge on any atom is -0.271 e. The van der Waals surface area contributed by atoms with Gasteiger partial charge in [-0.25, -0.2) is 0 Å². The molecule has 0 bridgehead atoms. The molecule has 120 valence electrons. The van der Waals surface area contributed by atoms with Crippen LogP contribution in [-0.2, 0) is 10.2 Å². The van der Waals surface area contributed by atoms with Gasteiger partial charge in [0.25, 0.3) is 0 Å². The minimum absolute atomic E-state index is 0.471. The largest absolute Gasteiger partial charge is 0.301 e. The molecule has 0 spiro atoms. The Morgan fingerprint density at radius 1 is 1.13 bits per heavy atom. The van der Waals surface area contributed by atoms with Crippen LogP contribution in [0.5, 0.6) is 0 Å². The van der Waals surface area contributed by atoms with Crippen molar-refractivity contribution in [1.29, 1.82) is 0 Å². The topological polar surface area (TPSA) is 92.5 Å². The zero-order valence-corrected chi connectivity index (χ0v) is 13.7. The molecule has 23 heavy (non-hydrogen) atoms. The van der Waals surface area contributed by atoms with Crippen LogP contribution in [0.2, 0.25) is 0 Å². The highest BCUT2D eigenvalue weighted by Gasteiger charge is 2.13. The number of anilines is 1. The van der Waals surface area contributed by atoms with E-state index in [0.717, 1.165) is 9.87 Å². The molecule has 2 aromatic heterocycles. The highest BCUT2D eigenvalue weighted by atomic mass is 32.2. The molecule has 0 fully saturated rings. The maximum atomic E-state index is 11.9. The van der Waals surface area contributed by atoms with Crippen LogP contribution in [-0.4, -0.2) is 46.6 Å². The smallest absolute Gasteiger partial charge is 0.271 e. The number of hydrogen-bond donors (Lipinski definition) is 1. The second-order valence-corrected chi connectivity index (χ2v) is 7.09. The van der Waals surface area contributed by atoms with Gasteiger partial charge in [-0.1, -0.05) is 12.1 Å². The fraction of sp³-hybridized carbons (Fsp3) is 0.214. The van der Waals surface area contributed by atoms with Gasteiger partial charge < -0.3 is 0 Å². The highest BCUT2D eigenvalue weighted by molar-refractivity contribution is 7.90. The summed E-state index contributed by atoms with van der Waals surface area (Å²) in [5.74, 6) is 0.686. The number of aryl methyl sites for hydroxylation is 1. The third kappa shape index (κ3) is 3.01. The summed E-state index contributed by atoms with van der Waals surface area (Å²) in [6, 6.07) is 10.7. The average molecular weight is 332 g/mol. The second kappa shape index (κ2) is 5.60. The number of aromatic nitrogens is 4. The molecule has 0 aliphatic carbocycles. The first-order valence-electron chi connectivity index (χ1n) is 6.86. The highest BCUT2D eigenvalue weighted by Crippen LogP contribution is 2.22. The third-order valence-electron chi connectivity index (χ3n) is 3.30. The van der Waals surface area contributed by atoms with E-state index in [1.807, 2.05) is 25.1 Å². The lowest BCUT2D eigenvalue weighted by molar-refractivity contribution is 0.527. The SMILES string of the molecule is Cc1nnc2ccc(-c3cccc(NS(=O)(=O)N(C)C)c3)nn12. The van der Waals surface area contributed by atoms with Gasteiger partial charge in [0.2, 0.25) is 0 Å². The quantitative estimate of drug-likeness (QED) is 0.778. The van der Waals surface area contributed by atoms with E-state index < -0.39 is 10.2 Å². The fourth-order valence-electron chi connectivity index (χ4n) is 2.03. The molecule has 0 atom stereocenters. The molecule has 0 amide bonds. The Balaban J connectivity index is 1.99. The van der Waals surface area contributed by atoms with Crippen LogP contribution in [0.3, 0.4) is 0 Å². The van der Waals surface area contributed by atoms with Crippen LogP contribution in [0.25, 0.3) is 16.9 Å². The van der Waals surface area contributed by atoms with Crippen LogP contribution in [0, 0.1) is 6.92 Å². The van der Waals surface area contributed by atoms with Crippen molar-refractivity contribution in [2.75, 3.05) is 18.8 Å². The van der Waals surface area contributed by atoms with Gasteiger partial charge in [0.05, 0.1) is 11.4 Å². The lowest BCUT2D eigenvalue weighted by atomic mass is 10.1. The minimum atomic E-state index is -3.54. The number of nitrogens with one attached hydrogen (secondary N) is 1. The predicted molar refractivity (Wildman–Crippen MR) is 87.2 cm³/mol. The Morgan fingerprint density at radius 3 is 2.65 bits per heavy atom. The van der Waals surface area contributed by atoms with E-state index in [0.29, 0.717) is 22.9 Å². The second-order valence-electron chi connectivity index (χ2n) is 5.21. The van der Waals surface area contributed by atoms with E-state index in [2.05, 4.69) is 20.0 Å². The Hall–Kier alpha value is -2.52. The van der Waals surface area contributed by atoms with Crippen LogP contribution >= 0.6 is 0 Å². The summed E-state index contributed by atoms with van der Waals surface area (Å²) < 4.78 is 29.1. The molecule has 0 radical (unpaired) electrons. The molecule has 9 heteroatoms. The Kier molecular flexibility index (Phi) is 3.74. The van der Waals surface area contributed by atoms with Crippen molar-refractivity contribution >= 4 is 21.5 Å². The molecule has 3 rings (SSSR count). The van der Waals surface area contributed by atoms with Crippen LogP contribution in [0.15, 0.2) is 36.4 Å². The van der Waals surface area contributed by atoms with Gasteiger partial charge >= 0.3 is 10.2 Å². The van der Waals surface area contributed by atoms with Crippen LogP contribution in [0.1, 0.15) is 5.82 Å². The van der Waals surface area contributed by atoms with Crippen LogP contribution < -0.4 is 4.72 Å². The van der Waals surface area contributed by atoms with Gasteiger partial charge in [-0.15, -0.1) is 10.2 Å². The van der Waals surface area contributed by atoms with Crippen molar-refractivity contribution in [3.63, 3.8) is 0 Å². The van der Waals surface area contributed by atoms with E-state index in [1.165, 1.54) is 14.1 Å². The summed E-state index contributed by atoms with van der Waals surface area (Å²) in [4.78, 5) is 0. The number of fused-ring (bicyclic) bond motifs is 1. The maximum Gasteiger partial charge on any atom is 0.301 e. The molecule has 0 saturated carbocycles. The summed E-state index contributed by atoms with van der Waals surface area (Å²) in [5, 5.41) is 12.4. The van der Waals surface area contributed by atoms with Gasteiger partial charge in [-0.3, -0.25) is 4.72 Å². The van der Waals surface area contributed by atoms with Gasteiger partial charge in [-0.05, 0) is 31.2 Å². The number of nitrogens with zero attached hydrogens (tertiary/aromatic N) is 5. The molecular weight excluding hydrogens is 316 g/mol. The lowest BCUT2D eigenvalue weighted by Gasteiger charge is -2.14. The molecule has 3 aromatic rings. The Morgan fingerprint density at radius 2 is 1.91 bits per heavy atom. The predicted octanol–water partition coefficient (Wildman–Crippen LogP) is 1.32. The molecule has 2 heterocycles. The van der Waals surface area contributed by atoms with Gasteiger partial charge in [-0.2, -0.15) is 22.3 Å². The number of rotatable bonds is 4. The summed E-state index contributed by atoms with van der Waals surface area (Å²) in [5.41, 5.74) is 2.62. The Labute approximate surface area is 134 Å². The lowest BCUT2D eigenvalue weighted by Crippen LogP contribution is -2.28. The molecular formula is C14H16N6O2S. The molecule has 1 N–H and O–H groups in total. The molecule has 8 nitrogen and oxygen atoms in total. The van der Waals surface area contributed by atoms with Crippen molar-refractivity contribution < 1.29 is 8.42 Å². The molecule has 0 aliphatic rings. The van der Waals surface area contributed by atoms with E-state index >= 15 is 0 Å². The van der Waals surface area contributed by atoms with Crippen molar-refractivity contribution in [3.05, 3.63) is 42.2 Å². The molecule has 0 aliphatic heterocycles. The van der Waals surface area contributed by atoms with Gasteiger partial charge in [0, 0.05) is 19.7 Å². The summed E-state index contributed by atoms with van der Waals surface area (Å²) >= 11 is 0. The Bertz CT molecular complexity index is 964. The molecule has 1 aromatic carbocycles. The van der Waals surface area contributed by atoms with E-state index in [-0.39, 0.29) is 0 Å².